The van der Waals surface area contributed by atoms with Gasteiger partial charge in [0.25, 0.3) is 0 Å². The quantitative estimate of drug-likeness (QED) is 0.184. The maximum atomic E-state index is 15.3. The number of rotatable bonds is 3. The fourth-order valence-corrected chi connectivity index (χ4v) is 4.35. The highest BCUT2D eigenvalue weighted by Crippen LogP contribution is 2.46. The molecule has 1 nitrogen and oxygen atoms in total. The largest absolute Gasteiger partial charge is 0.497 e. The van der Waals surface area contributed by atoms with E-state index in [1.165, 1.54) is 19.2 Å². The number of fused-ring (bicyclic) bond motifs is 2. The van der Waals surface area contributed by atoms with Gasteiger partial charge in [-0.1, -0.05) is 18.2 Å². The Balaban J connectivity index is 2.06. The molecule has 0 saturated heterocycles. The zero-order valence-corrected chi connectivity index (χ0v) is 17.8. The first kappa shape index (κ1) is 22.7. The Kier molecular flexibility index (Phi) is 5.39. The summed E-state index contributed by atoms with van der Waals surface area (Å²) in [6, 6.07) is 9.69. The third-order valence-electron chi connectivity index (χ3n) is 5.84. The van der Waals surface area contributed by atoms with Crippen molar-refractivity contribution in [3.05, 3.63) is 101 Å². The summed E-state index contributed by atoms with van der Waals surface area (Å²) in [7, 11) is 1.21. The van der Waals surface area contributed by atoms with Gasteiger partial charge in [0.15, 0.2) is 23.3 Å². The molecule has 35 heavy (non-hydrogen) atoms. The lowest BCUT2D eigenvalue weighted by molar-refractivity contribution is 0.407. The second kappa shape index (κ2) is 8.30. The lowest BCUT2D eigenvalue weighted by Crippen LogP contribution is -1.99. The Bertz CT molecular complexity index is 1640. The van der Waals surface area contributed by atoms with Crippen LogP contribution in [0.1, 0.15) is 0 Å². The molecule has 0 atom stereocenters. The summed E-state index contributed by atoms with van der Waals surface area (Å²) < 4.78 is 107. The van der Waals surface area contributed by atoms with Crippen LogP contribution >= 0.6 is 0 Å². The molecule has 0 aliphatic carbocycles. The Morgan fingerprint density at radius 3 is 1.69 bits per heavy atom. The van der Waals surface area contributed by atoms with E-state index < -0.39 is 46.3 Å². The van der Waals surface area contributed by atoms with Crippen LogP contribution in [0.25, 0.3) is 43.8 Å². The molecule has 0 saturated carbocycles. The number of halogens is 7. The van der Waals surface area contributed by atoms with Gasteiger partial charge in [-0.3, -0.25) is 0 Å². The minimum Gasteiger partial charge on any atom is -0.497 e. The molecule has 0 spiro atoms. The average Bonchev–Trinajstić information content (AvgIpc) is 2.81. The third-order valence-corrected chi connectivity index (χ3v) is 5.84. The van der Waals surface area contributed by atoms with E-state index in [-0.39, 0.29) is 44.0 Å². The summed E-state index contributed by atoms with van der Waals surface area (Å²) in [5.41, 5.74) is -0.993. The molecule has 5 rings (SSSR count). The van der Waals surface area contributed by atoms with E-state index in [1.807, 2.05) is 0 Å². The first-order chi connectivity index (χ1) is 16.7. The Morgan fingerprint density at radius 2 is 1.09 bits per heavy atom. The summed E-state index contributed by atoms with van der Waals surface area (Å²) in [4.78, 5) is 0. The van der Waals surface area contributed by atoms with Crippen molar-refractivity contribution in [3.63, 3.8) is 0 Å². The number of methoxy groups -OCH3 is 1. The van der Waals surface area contributed by atoms with E-state index in [2.05, 4.69) is 0 Å². The van der Waals surface area contributed by atoms with E-state index in [4.69, 9.17) is 4.74 Å². The zero-order chi connectivity index (χ0) is 25.0. The summed E-state index contributed by atoms with van der Waals surface area (Å²) in [5.74, 6) is -8.22. The van der Waals surface area contributed by atoms with Crippen LogP contribution in [0.4, 0.5) is 30.7 Å². The van der Waals surface area contributed by atoms with Crippen molar-refractivity contribution in [2.75, 3.05) is 7.11 Å². The molecule has 5 aromatic rings. The molecular weight excluding hydrogens is 473 g/mol. The average molecular weight is 486 g/mol. The van der Waals surface area contributed by atoms with Crippen molar-refractivity contribution < 1.29 is 35.5 Å². The summed E-state index contributed by atoms with van der Waals surface area (Å²) in [6.07, 6.45) is 0. The third kappa shape index (κ3) is 3.56. The maximum absolute atomic E-state index is 15.3. The number of ether oxygens (including phenoxy) is 1. The minimum absolute atomic E-state index is 0.0442. The van der Waals surface area contributed by atoms with E-state index in [0.29, 0.717) is 0 Å². The molecule has 5 aromatic carbocycles. The SMILES string of the molecule is COc1cc(F)c(-c2c3cc(F)c(F)cc3c(-c3ccc(F)c(F)c3)c3c(F)cccc23)c(F)c1. The van der Waals surface area contributed by atoms with Gasteiger partial charge in [0, 0.05) is 28.6 Å². The molecular formula is C27H13F7O. The standard InChI is InChI=1S/C27H13F7O/c1-35-13-8-22(33)27(23(34)9-13)25-14-3-2-4-18(29)26(14)24(12-5-6-17(28)19(30)7-12)15-10-20(31)21(32)11-16(15)25/h2-11H,1H3. The van der Waals surface area contributed by atoms with E-state index in [0.717, 1.165) is 48.5 Å². The van der Waals surface area contributed by atoms with Crippen molar-refractivity contribution in [2.45, 2.75) is 0 Å². The molecule has 0 bridgehead atoms. The fourth-order valence-electron chi connectivity index (χ4n) is 4.35. The van der Waals surface area contributed by atoms with Gasteiger partial charge >= 0.3 is 0 Å². The van der Waals surface area contributed by atoms with Gasteiger partial charge in [-0.05, 0) is 52.1 Å². The van der Waals surface area contributed by atoms with Crippen LogP contribution in [0, 0.1) is 40.7 Å². The molecule has 0 radical (unpaired) electrons. The Hall–Kier alpha value is -4.07. The second-order valence-electron chi connectivity index (χ2n) is 7.82. The lowest BCUT2D eigenvalue weighted by atomic mass is 9.85. The molecule has 0 heterocycles. The number of benzene rings is 5. The van der Waals surface area contributed by atoms with Crippen molar-refractivity contribution in [1.29, 1.82) is 0 Å². The minimum atomic E-state index is -1.32. The molecule has 0 N–H and O–H groups in total. The van der Waals surface area contributed by atoms with E-state index in [1.54, 1.807) is 0 Å². The van der Waals surface area contributed by atoms with Gasteiger partial charge in [-0.2, -0.15) is 0 Å². The molecule has 8 heteroatoms. The number of hydrogen-bond acceptors (Lipinski definition) is 1. The normalized spacial score (nSPS) is 11.4. The topological polar surface area (TPSA) is 9.23 Å². The molecule has 0 aliphatic heterocycles. The van der Waals surface area contributed by atoms with Crippen LogP contribution in [0.2, 0.25) is 0 Å². The predicted molar refractivity (Wildman–Crippen MR) is 119 cm³/mol. The van der Waals surface area contributed by atoms with E-state index >= 15 is 13.2 Å². The van der Waals surface area contributed by atoms with Crippen LogP contribution in [0.15, 0.2) is 60.7 Å². The van der Waals surface area contributed by atoms with E-state index in [9.17, 15) is 17.6 Å². The first-order valence-electron chi connectivity index (χ1n) is 10.2. The van der Waals surface area contributed by atoms with Gasteiger partial charge in [-0.15, -0.1) is 0 Å². The van der Waals surface area contributed by atoms with Gasteiger partial charge in [0.05, 0.1) is 12.7 Å². The second-order valence-corrected chi connectivity index (χ2v) is 7.82. The number of hydrogen-bond donors (Lipinski definition) is 0. The smallest absolute Gasteiger partial charge is 0.159 e. The summed E-state index contributed by atoms with van der Waals surface area (Å²) in [6.45, 7) is 0. The van der Waals surface area contributed by atoms with Gasteiger partial charge in [0.1, 0.15) is 23.2 Å². The predicted octanol–water partition coefficient (Wildman–Crippen LogP) is 8.31. The van der Waals surface area contributed by atoms with Crippen LogP contribution in [-0.2, 0) is 0 Å². The zero-order valence-electron chi connectivity index (χ0n) is 17.8. The summed E-state index contributed by atoms with van der Waals surface area (Å²) >= 11 is 0. The Labute approximate surface area is 194 Å². The monoisotopic (exact) mass is 486 g/mol. The van der Waals surface area contributed by atoms with Gasteiger partial charge < -0.3 is 4.74 Å². The highest BCUT2D eigenvalue weighted by Gasteiger charge is 2.25. The van der Waals surface area contributed by atoms with Crippen LogP contribution < -0.4 is 4.74 Å². The fraction of sp³-hybridized carbons (Fsp3) is 0.0370. The van der Waals surface area contributed by atoms with Crippen LogP contribution in [0.3, 0.4) is 0 Å². The molecule has 0 unspecified atom stereocenters. The Morgan fingerprint density at radius 1 is 0.486 bits per heavy atom. The molecule has 0 aromatic heterocycles. The first-order valence-corrected chi connectivity index (χ1v) is 10.2. The van der Waals surface area contributed by atoms with Crippen LogP contribution in [0.5, 0.6) is 5.75 Å². The molecule has 0 amide bonds. The summed E-state index contributed by atoms with van der Waals surface area (Å²) in [5, 5.41) is -0.602. The molecule has 0 aliphatic rings. The highest BCUT2D eigenvalue weighted by atomic mass is 19.2. The van der Waals surface area contributed by atoms with Crippen LogP contribution in [-0.4, -0.2) is 7.11 Å². The molecule has 0 fully saturated rings. The maximum Gasteiger partial charge on any atom is 0.159 e. The van der Waals surface area contributed by atoms with Gasteiger partial charge in [-0.25, -0.2) is 30.7 Å². The lowest BCUT2D eigenvalue weighted by Gasteiger charge is -2.19. The van der Waals surface area contributed by atoms with Crippen molar-refractivity contribution in [3.8, 4) is 28.0 Å². The highest BCUT2D eigenvalue weighted by molar-refractivity contribution is 6.21. The van der Waals surface area contributed by atoms with Crippen molar-refractivity contribution in [2.24, 2.45) is 0 Å². The molecule has 176 valence electrons. The van der Waals surface area contributed by atoms with Crippen molar-refractivity contribution >= 4 is 21.5 Å². The van der Waals surface area contributed by atoms with Gasteiger partial charge in [0.2, 0.25) is 0 Å². The van der Waals surface area contributed by atoms with Crippen molar-refractivity contribution in [1.82, 2.24) is 0 Å².